The Morgan fingerprint density at radius 3 is 2.75 bits per heavy atom. The molecule has 0 radical (unpaired) electrons. The first kappa shape index (κ1) is 12.5. The third-order valence-corrected chi connectivity index (χ3v) is 2.29. The molecule has 0 atom stereocenters. The molecule has 0 saturated heterocycles. The zero-order chi connectivity index (χ0) is 12.0. The molecule has 1 heterocycles. The van der Waals surface area contributed by atoms with E-state index < -0.39 is 5.97 Å². The van der Waals surface area contributed by atoms with Crippen molar-refractivity contribution in [3.63, 3.8) is 0 Å². The first-order chi connectivity index (χ1) is 7.65. The average molecular weight is 223 g/mol. The van der Waals surface area contributed by atoms with Crippen molar-refractivity contribution in [1.82, 2.24) is 4.98 Å². The maximum atomic E-state index is 10.8. The number of hydrogen-bond acceptors (Lipinski definition) is 3. The normalized spacial score (nSPS) is 10.1. The van der Waals surface area contributed by atoms with Crippen molar-refractivity contribution in [2.24, 2.45) is 0 Å². The topological polar surface area (TPSA) is 59.4 Å². The number of carboxylic acids is 1. The summed E-state index contributed by atoms with van der Waals surface area (Å²) in [7, 11) is 0. The second kappa shape index (κ2) is 6.10. The predicted molar refractivity (Wildman–Crippen MR) is 61.0 cm³/mol. The van der Waals surface area contributed by atoms with Crippen LogP contribution in [0.5, 0.6) is 5.88 Å². The number of aromatic carboxylic acids is 1. The van der Waals surface area contributed by atoms with Gasteiger partial charge in [0.25, 0.3) is 0 Å². The van der Waals surface area contributed by atoms with E-state index in [4.69, 9.17) is 9.84 Å². The van der Waals surface area contributed by atoms with Gasteiger partial charge in [0.05, 0.1) is 17.9 Å². The first-order valence-corrected chi connectivity index (χ1v) is 5.49. The lowest BCUT2D eigenvalue weighted by molar-refractivity contribution is 0.0695. The number of rotatable bonds is 6. The van der Waals surface area contributed by atoms with Crippen molar-refractivity contribution in [2.45, 2.75) is 33.1 Å². The van der Waals surface area contributed by atoms with Crippen LogP contribution in [-0.4, -0.2) is 22.7 Å². The molecule has 0 unspecified atom stereocenters. The highest BCUT2D eigenvalue weighted by atomic mass is 16.5. The molecule has 1 N–H and O–H groups in total. The van der Waals surface area contributed by atoms with Crippen LogP contribution in [0.1, 0.15) is 42.2 Å². The minimum absolute atomic E-state index is 0.223. The second-order valence-corrected chi connectivity index (χ2v) is 3.64. The van der Waals surface area contributed by atoms with E-state index in [1.54, 1.807) is 13.0 Å². The fourth-order valence-electron chi connectivity index (χ4n) is 1.37. The molecule has 1 rings (SSSR count). The van der Waals surface area contributed by atoms with Crippen molar-refractivity contribution >= 4 is 5.97 Å². The summed E-state index contributed by atoms with van der Waals surface area (Å²) in [6.45, 7) is 4.43. The van der Waals surface area contributed by atoms with Gasteiger partial charge in [-0.1, -0.05) is 19.8 Å². The van der Waals surface area contributed by atoms with Gasteiger partial charge < -0.3 is 9.84 Å². The van der Waals surface area contributed by atoms with Crippen LogP contribution in [0.3, 0.4) is 0 Å². The van der Waals surface area contributed by atoms with Crippen LogP contribution < -0.4 is 4.74 Å². The Hall–Kier alpha value is -1.58. The van der Waals surface area contributed by atoms with E-state index in [1.807, 2.05) is 0 Å². The van der Waals surface area contributed by atoms with Gasteiger partial charge in [0.2, 0.25) is 5.88 Å². The molecule has 0 aliphatic carbocycles. The van der Waals surface area contributed by atoms with Gasteiger partial charge in [0.15, 0.2) is 0 Å². The summed E-state index contributed by atoms with van der Waals surface area (Å²) in [6, 6.07) is 3.13. The number of carbonyl (C=O) groups is 1. The van der Waals surface area contributed by atoms with Gasteiger partial charge >= 0.3 is 5.97 Å². The Kier molecular flexibility index (Phi) is 4.76. The highest BCUT2D eigenvalue weighted by Crippen LogP contribution is 2.12. The maximum Gasteiger partial charge on any atom is 0.337 e. The Labute approximate surface area is 95.3 Å². The third-order valence-electron chi connectivity index (χ3n) is 2.29. The Morgan fingerprint density at radius 1 is 1.44 bits per heavy atom. The van der Waals surface area contributed by atoms with E-state index in [-0.39, 0.29) is 5.56 Å². The molecule has 16 heavy (non-hydrogen) atoms. The van der Waals surface area contributed by atoms with Crippen molar-refractivity contribution in [1.29, 1.82) is 0 Å². The van der Waals surface area contributed by atoms with E-state index in [1.165, 1.54) is 6.07 Å². The highest BCUT2D eigenvalue weighted by Gasteiger charge is 2.08. The molecular weight excluding hydrogens is 206 g/mol. The van der Waals surface area contributed by atoms with Crippen LogP contribution in [0.4, 0.5) is 0 Å². The average Bonchev–Trinajstić information content (AvgIpc) is 2.24. The van der Waals surface area contributed by atoms with Crippen LogP contribution >= 0.6 is 0 Å². The molecule has 0 amide bonds. The second-order valence-electron chi connectivity index (χ2n) is 3.64. The van der Waals surface area contributed by atoms with E-state index in [9.17, 15) is 4.79 Å². The van der Waals surface area contributed by atoms with Gasteiger partial charge in [-0.05, 0) is 19.4 Å². The van der Waals surface area contributed by atoms with Gasteiger partial charge in [-0.15, -0.1) is 0 Å². The predicted octanol–water partition coefficient (Wildman–Crippen LogP) is 2.66. The highest BCUT2D eigenvalue weighted by molar-refractivity contribution is 5.88. The maximum absolute atomic E-state index is 10.8. The van der Waals surface area contributed by atoms with Gasteiger partial charge in [-0.25, -0.2) is 9.78 Å². The molecule has 0 aliphatic heterocycles. The van der Waals surface area contributed by atoms with Crippen molar-refractivity contribution in [3.8, 4) is 5.88 Å². The molecule has 0 bridgehead atoms. The van der Waals surface area contributed by atoms with Gasteiger partial charge in [-0.2, -0.15) is 0 Å². The van der Waals surface area contributed by atoms with E-state index in [0.717, 1.165) is 19.3 Å². The van der Waals surface area contributed by atoms with Gasteiger partial charge in [0.1, 0.15) is 0 Å². The van der Waals surface area contributed by atoms with Crippen LogP contribution in [0.15, 0.2) is 12.1 Å². The van der Waals surface area contributed by atoms with Crippen LogP contribution in [0, 0.1) is 6.92 Å². The minimum Gasteiger partial charge on any atom is -0.478 e. The van der Waals surface area contributed by atoms with Gasteiger partial charge in [-0.3, -0.25) is 0 Å². The van der Waals surface area contributed by atoms with E-state index in [2.05, 4.69) is 11.9 Å². The SMILES string of the molecule is CCCCCOc1ccc(C(=O)O)c(C)n1. The van der Waals surface area contributed by atoms with Crippen LogP contribution in [0.25, 0.3) is 0 Å². The lowest BCUT2D eigenvalue weighted by atomic mass is 10.2. The molecular formula is C12H17NO3. The summed E-state index contributed by atoms with van der Waals surface area (Å²) < 4.78 is 5.42. The van der Waals surface area contributed by atoms with Crippen molar-refractivity contribution in [3.05, 3.63) is 23.4 Å². The summed E-state index contributed by atoms with van der Waals surface area (Å²) in [4.78, 5) is 14.8. The molecule has 0 fully saturated rings. The molecule has 0 saturated carbocycles. The number of unbranched alkanes of at least 4 members (excludes halogenated alkanes) is 2. The lowest BCUT2D eigenvalue weighted by Gasteiger charge is -2.06. The molecule has 1 aromatic rings. The number of hydrogen-bond donors (Lipinski definition) is 1. The van der Waals surface area contributed by atoms with Crippen LogP contribution in [-0.2, 0) is 0 Å². The quantitative estimate of drug-likeness (QED) is 0.753. The largest absolute Gasteiger partial charge is 0.478 e. The van der Waals surface area contributed by atoms with Gasteiger partial charge in [0, 0.05) is 6.07 Å². The number of nitrogens with zero attached hydrogens (tertiary/aromatic N) is 1. The Bertz CT molecular complexity index is 363. The fraction of sp³-hybridized carbons (Fsp3) is 0.500. The molecule has 0 aliphatic rings. The number of aromatic nitrogens is 1. The first-order valence-electron chi connectivity index (χ1n) is 5.49. The van der Waals surface area contributed by atoms with Crippen LogP contribution in [0.2, 0.25) is 0 Å². The third kappa shape index (κ3) is 3.53. The summed E-state index contributed by atoms with van der Waals surface area (Å²) >= 11 is 0. The minimum atomic E-state index is -0.956. The van der Waals surface area contributed by atoms with Crippen molar-refractivity contribution in [2.75, 3.05) is 6.61 Å². The smallest absolute Gasteiger partial charge is 0.337 e. The summed E-state index contributed by atoms with van der Waals surface area (Å²) in [5, 5.41) is 8.82. The molecule has 1 aromatic heterocycles. The number of aryl methyl sites for hydroxylation is 1. The lowest BCUT2D eigenvalue weighted by Crippen LogP contribution is -2.04. The molecule has 4 heteroatoms. The zero-order valence-corrected chi connectivity index (χ0v) is 9.69. The summed E-state index contributed by atoms with van der Waals surface area (Å²) in [5.41, 5.74) is 0.710. The van der Waals surface area contributed by atoms with E-state index >= 15 is 0 Å². The number of pyridine rings is 1. The molecule has 0 spiro atoms. The Balaban J connectivity index is 2.56. The molecule has 4 nitrogen and oxygen atoms in total. The van der Waals surface area contributed by atoms with Crippen molar-refractivity contribution < 1.29 is 14.6 Å². The zero-order valence-electron chi connectivity index (χ0n) is 9.69. The summed E-state index contributed by atoms with van der Waals surface area (Å²) in [6.07, 6.45) is 3.28. The number of carboxylic acid groups (broad SMARTS) is 1. The summed E-state index contributed by atoms with van der Waals surface area (Å²) in [5.74, 6) is -0.457. The Morgan fingerprint density at radius 2 is 2.19 bits per heavy atom. The standard InChI is InChI=1S/C12H17NO3/c1-3-4-5-8-16-11-7-6-10(12(14)15)9(2)13-11/h6-7H,3-5,8H2,1-2H3,(H,14,15). The molecule has 0 aromatic carbocycles. The fourth-order valence-corrected chi connectivity index (χ4v) is 1.37. The monoisotopic (exact) mass is 223 g/mol. The number of ether oxygens (including phenoxy) is 1. The van der Waals surface area contributed by atoms with E-state index in [0.29, 0.717) is 18.2 Å². The molecule has 88 valence electrons.